The Kier molecular flexibility index (Phi) is 6.29. The molecule has 1 unspecified atom stereocenters. The van der Waals surface area contributed by atoms with Gasteiger partial charge in [0.05, 0.1) is 12.2 Å². The quantitative estimate of drug-likeness (QED) is 0.855. The number of nitrogens with two attached hydrogens (primary N) is 1. The smallest absolute Gasteiger partial charge is 0.223 e. The number of carbonyl (C=O) groups is 1. The third-order valence-corrected chi connectivity index (χ3v) is 3.70. The summed E-state index contributed by atoms with van der Waals surface area (Å²) < 4.78 is 0. The molecule has 0 aliphatic rings. The predicted molar refractivity (Wildman–Crippen MR) is 92.6 cm³/mol. The molecule has 2 N–H and O–H groups in total. The molecule has 4 heteroatoms. The van der Waals surface area contributed by atoms with Crippen LogP contribution in [0.1, 0.15) is 36.6 Å². The van der Waals surface area contributed by atoms with E-state index in [9.17, 15) is 4.79 Å². The van der Waals surface area contributed by atoms with E-state index in [1.54, 1.807) is 6.20 Å². The Balaban J connectivity index is 2.11. The molecule has 0 fully saturated rings. The van der Waals surface area contributed by atoms with Crippen LogP contribution in [-0.2, 0) is 17.9 Å². The SMILES string of the molecule is Cc1cccc(CN(Cc2ccccn2)C(=O)CCC(C)N)c1. The minimum atomic E-state index is 0.0367. The summed E-state index contributed by atoms with van der Waals surface area (Å²) in [5.41, 5.74) is 9.01. The second-order valence-corrected chi connectivity index (χ2v) is 6.08. The van der Waals surface area contributed by atoms with Crippen LogP contribution in [0.15, 0.2) is 48.7 Å². The highest BCUT2D eigenvalue weighted by Crippen LogP contribution is 2.13. The summed E-state index contributed by atoms with van der Waals surface area (Å²) in [6.07, 6.45) is 2.92. The van der Waals surface area contributed by atoms with Crippen molar-refractivity contribution >= 4 is 5.91 Å². The Morgan fingerprint density at radius 3 is 2.70 bits per heavy atom. The number of carbonyl (C=O) groups excluding carboxylic acids is 1. The summed E-state index contributed by atoms with van der Waals surface area (Å²) in [5.74, 6) is 0.120. The van der Waals surface area contributed by atoms with Gasteiger partial charge in [-0.15, -0.1) is 0 Å². The van der Waals surface area contributed by atoms with Gasteiger partial charge in [0.1, 0.15) is 0 Å². The van der Waals surface area contributed by atoms with E-state index in [-0.39, 0.29) is 11.9 Å². The minimum absolute atomic E-state index is 0.0367. The molecule has 1 aromatic carbocycles. The second kappa shape index (κ2) is 8.44. The van der Waals surface area contributed by atoms with Gasteiger partial charge in [0.25, 0.3) is 0 Å². The first-order chi connectivity index (χ1) is 11.0. The standard InChI is InChI=1S/C19H25N3O/c1-15-6-5-7-17(12-15)13-22(19(23)10-9-16(2)20)14-18-8-3-4-11-21-18/h3-8,11-12,16H,9-10,13-14,20H2,1-2H3. The first kappa shape index (κ1) is 17.2. The van der Waals surface area contributed by atoms with Gasteiger partial charge in [0, 0.05) is 25.2 Å². The van der Waals surface area contributed by atoms with E-state index >= 15 is 0 Å². The Morgan fingerprint density at radius 1 is 1.22 bits per heavy atom. The normalized spacial score (nSPS) is 12.0. The first-order valence-corrected chi connectivity index (χ1v) is 8.03. The summed E-state index contributed by atoms with van der Waals surface area (Å²) >= 11 is 0. The van der Waals surface area contributed by atoms with Gasteiger partial charge in [0.15, 0.2) is 0 Å². The van der Waals surface area contributed by atoms with E-state index in [0.29, 0.717) is 25.9 Å². The minimum Gasteiger partial charge on any atom is -0.332 e. The highest BCUT2D eigenvalue weighted by atomic mass is 16.2. The van der Waals surface area contributed by atoms with E-state index in [4.69, 9.17) is 5.73 Å². The molecule has 4 nitrogen and oxygen atoms in total. The van der Waals surface area contributed by atoms with Crippen LogP contribution >= 0.6 is 0 Å². The number of rotatable bonds is 7. The zero-order chi connectivity index (χ0) is 16.7. The number of amides is 1. The lowest BCUT2D eigenvalue weighted by Crippen LogP contribution is -2.31. The molecular formula is C19H25N3O. The fourth-order valence-electron chi connectivity index (χ4n) is 2.46. The number of pyridine rings is 1. The number of hydrogen-bond donors (Lipinski definition) is 1. The molecule has 122 valence electrons. The molecule has 0 spiro atoms. The number of nitrogens with zero attached hydrogens (tertiary/aromatic N) is 2. The van der Waals surface area contributed by atoms with E-state index in [1.165, 1.54) is 5.56 Å². The number of aromatic nitrogens is 1. The molecule has 2 rings (SSSR count). The van der Waals surface area contributed by atoms with Crippen molar-refractivity contribution in [2.24, 2.45) is 5.73 Å². The molecule has 0 bridgehead atoms. The van der Waals surface area contributed by atoms with Crippen molar-refractivity contribution in [3.05, 3.63) is 65.5 Å². The largest absolute Gasteiger partial charge is 0.332 e. The lowest BCUT2D eigenvalue weighted by atomic mass is 10.1. The zero-order valence-corrected chi connectivity index (χ0v) is 13.9. The van der Waals surface area contributed by atoms with E-state index in [2.05, 4.69) is 30.1 Å². The Labute approximate surface area is 138 Å². The molecule has 0 saturated carbocycles. The molecule has 0 radical (unpaired) electrons. The molecule has 0 aliphatic heterocycles. The number of benzene rings is 1. The van der Waals surface area contributed by atoms with E-state index in [0.717, 1.165) is 11.3 Å². The van der Waals surface area contributed by atoms with Crippen LogP contribution in [0.3, 0.4) is 0 Å². The molecule has 1 heterocycles. The van der Waals surface area contributed by atoms with Crippen molar-refractivity contribution in [3.63, 3.8) is 0 Å². The van der Waals surface area contributed by atoms with Gasteiger partial charge in [-0.05, 0) is 38.0 Å². The second-order valence-electron chi connectivity index (χ2n) is 6.08. The van der Waals surface area contributed by atoms with Gasteiger partial charge in [0.2, 0.25) is 5.91 Å². The van der Waals surface area contributed by atoms with Gasteiger partial charge in [-0.3, -0.25) is 9.78 Å². The van der Waals surface area contributed by atoms with Crippen LogP contribution in [0, 0.1) is 6.92 Å². The summed E-state index contributed by atoms with van der Waals surface area (Å²) in [7, 11) is 0. The number of hydrogen-bond acceptors (Lipinski definition) is 3. The molecule has 1 atom stereocenters. The molecular weight excluding hydrogens is 286 g/mol. The highest BCUT2D eigenvalue weighted by molar-refractivity contribution is 5.76. The van der Waals surface area contributed by atoms with Crippen molar-refractivity contribution in [2.75, 3.05) is 0 Å². The third-order valence-electron chi connectivity index (χ3n) is 3.70. The van der Waals surface area contributed by atoms with Crippen molar-refractivity contribution < 1.29 is 4.79 Å². The lowest BCUT2D eigenvalue weighted by molar-refractivity contribution is -0.132. The van der Waals surface area contributed by atoms with Gasteiger partial charge >= 0.3 is 0 Å². The van der Waals surface area contributed by atoms with Crippen LogP contribution in [0.4, 0.5) is 0 Å². The molecule has 23 heavy (non-hydrogen) atoms. The maximum absolute atomic E-state index is 12.6. The fraction of sp³-hybridized carbons (Fsp3) is 0.368. The van der Waals surface area contributed by atoms with Crippen LogP contribution in [-0.4, -0.2) is 21.8 Å². The Hall–Kier alpha value is -2.20. The maximum Gasteiger partial charge on any atom is 0.223 e. The van der Waals surface area contributed by atoms with Crippen molar-refractivity contribution in [1.29, 1.82) is 0 Å². The maximum atomic E-state index is 12.6. The van der Waals surface area contributed by atoms with Crippen LogP contribution in [0.25, 0.3) is 0 Å². The summed E-state index contributed by atoms with van der Waals surface area (Å²) in [6, 6.07) is 14.1. The summed E-state index contributed by atoms with van der Waals surface area (Å²) in [4.78, 5) is 18.8. The van der Waals surface area contributed by atoms with Gasteiger partial charge in [-0.2, -0.15) is 0 Å². The molecule has 1 amide bonds. The molecule has 0 aliphatic carbocycles. The average Bonchev–Trinajstić information content (AvgIpc) is 2.53. The molecule has 0 saturated heterocycles. The van der Waals surface area contributed by atoms with Crippen molar-refractivity contribution in [3.8, 4) is 0 Å². The van der Waals surface area contributed by atoms with Gasteiger partial charge < -0.3 is 10.6 Å². The van der Waals surface area contributed by atoms with E-state index < -0.39 is 0 Å². The topological polar surface area (TPSA) is 59.2 Å². The Bertz CT molecular complexity index is 626. The monoisotopic (exact) mass is 311 g/mol. The summed E-state index contributed by atoms with van der Waals surface area (Å²) in [6.45, 7) is 5.10. The highest BCUT2D eigenvalue weighted by Gasteiger charge is 2.15. The zero-order valence-electron chi connectivity index (χ0n) is 13.9. The van der Waals surface area contributed by atoms with Gasteiger partial charge in [-0.1, -0.05) is 35.9 Å². The first-order valence-electron chi connectivity index (χ1n) is 8.03. The van der Waals surface area contributed by atoms with Crippen LogP contribution in [0.2, 0.25) is 0 Å². The molecule has 1 aromatic heterocycles. The van der Waals surface area contributed by atoms with Crippen LogP contribution in [0.5, 0.6) is 0 Å². The van der Waals surface area contributed by atoms with Crippen LogP contribution < -0.4 is 5.73 Å². The average molecular weight is 311 g/mol. The predicted octanol–water partition coefficient (Wildman–Crippen LogP) is 3.05. The molecule has 2 aromatic rings. The van der Waals surface area contributed by atoms with E-state index in [1.807, 2.05) is 36.1 Å². The van der Waals surface area contributed by atoms with Crippen molar-refractivity contribution in [2.45, 2.75) is 45.8 Å². The third kappa shape index (κ3) is 5.83. The Morgan fingerprint density at radius 2 is 2.04 bits per heavy atom. The van der Waals surface area contributed by atoms with Crippen molar-refractivity contribution in [1.82, 2.24) is 9.88 Å². The number of aryl methyl sites for hydroxylation is 1. The lowest BCUT2D eigenvalue weighted by Gasteiger charge is -2.23. The van der Waals surface area contributed by atoms with Gasteiger partial charge in [-0.25, -0.2) is 0 Å². The summed E-state index contributed by atoms with van der Waals surface area (Å²) in [5, 5.41) is 0. The fourth-order valence-corrected chi connectivity index (χ4v) is 2.46.